The molecule has 17 heavy (non-hydrogen) atoms. The summed E-state index contributed by atoms with van der Waals surface area (Å²) in [4.78, 5) is 10.7. The summed E-state index contributed by atoms with van der Waals surface area (Å²) in [6.07, 6.45) is -0.134. The Bertz CT molecular complexity index is 394. The highest BCUT2D eigenvalue weighted by atomic mass is 32.2. The lowest BCUT2D eigenvalue weighted by Gasteiger charge is -2.16. The zero-order chi connectivity index (χ0) is 13.0. The molecule has 96 valence electrons. The van der Waals surface area contributed by atoms with Crippen LogP contribution < -0.4 is 5.73 Å². The SMILES string of the molecule is CC(=O)SCCC(O)C(O)c1cn(C)nc1N. The Morgan fingerprint density at radius 2 is 2.29 bits per heavy atom. The van der Waals surface area contributed by atoms with E-state index in [0.29, 0.717) is 17.7 Å². The molecule has 0 bridgehead atoms. The van der Waals surface area contributed by atoms with E-state index in [1.807, 2.05) is 0 Å². The van der Waals surface area contributed by atoms with Crippen molar-refractivity contribution in [2.45, 2.75) is 25.6 Å². The van der Waals surface area contributed by atoms with Gasteiger partial charge in [0.25, 0.3) is 0 Å². The zero-order valence-electron chi connectivity index (χ0n) is 9.83. The van der Waals surface area contributed by atoms with E-state index in [-0.39, 0.29) is 10.9 Å². The highest BCUT2D eigenvalue weighted by Crippen LogP contribution is 2.24. The molecule has 0 aliphatic carbocycles. The van der Waals surface area contributed by atoms with Crippen LogP contribution in [0.1, 0.15) is 25.0 Å². The lowest BCUT2D eigenvalue weighted by atomic mass is 10.1. The van der Waals surface area contributed by atoms with Gasteiger partial charge < -0.3 is 15.9 Å². The Labute approximate surface area is 104 Å². The van der Waals surface area contributed by atoms with Gasteiger partial charge in [0.1, 0.15) is 6.10 Å². The van der Waals surface area contributed by atoms with Crippen LogP contribution in [0.4, 0.5) is 5.82 Å². The van der Waals surface area contributed by atoms with Gasteiger partial charge in [-0.05, 0) is 6.42 Å². The molecule has 0 aliphatic heterocycles. The van der Waals surface area contributed by atoms with E-state index in [1.54, 1.807) is 13.2 Å². The van der Waals surface area contributed by atoms with Gasteiger partial charge >= 0.3 is 0 Å². The van der Waals surface area contributed by atoms with Crippen LogP contribution in [0.25, 0.3) is 0 Å². The van der Waals surface area contributed by atoms with Gasteiger partial charge in [-0.3, -0.25) is 9.48 Å². The summed E-state index contributed by atoms with van der Waals surface area (Å²) in [5.74, 6) is 0.673. The number of aryl methyl sites for hydroxylation is 1. The predicted molar refractivity (Wildman–Crippen MR) is 66.3 cm³/mol. The first kappa shape index (κ1) is 14.0. The lowest BCUT2D eigenvalue weighted by Crippen LogP contribution is -2.19. The standard InChI is InChI=1S/C10H17N3O3S/c1-6(14)17-4-3-8(15)9(16)7-5-13(2)12-10(7)11/h5,8-9,15-16H,3-4H2,1-2H3,(H2,11,12). The number of thioether (sulfide) groups is 1. The highest BCUT2D eigenvalue weighted by molar-refractivity contribution is 8.13. The minimum absolute atomic E-state index is 0.00687. The molecule has 1 heterocycles. The first-order valence-corrected chi connectivity index (χ1v) is 6.19. The zero-order valence-corrected chi connectivity index (χ0v) is 10.6. The largest absolute Gasteiger partial charge is 0.390 e. The molecule has 0 fully saturated rings. The number of anilines is 1. The van der Waals surface area contributed by atoms with Crippen molar-refractivity contribution in [3.63, 3.8) is 0 Å². The average Bonchev–Trinajstić information content (AvgIpc) is 2.56. The fraction of sp³-hybridized carbons (Fsp3) is 0.600. The number of nitrogens with zero attached hydrogens (tertiary/aromatic N) is 2. The van der Waals surface area contributed by atoms with E-state index in [4.69, 9.17) is 5.73 Å². The molecule has 0 aliphatic rings. The molecule has 0 radical (unpaired) electrons. The van der Waals surface area contributed by atoms with Gasteiger partial charge in [0, 0.05) is 31.5 Å². The molecule has 1 aromatic rings. The molecular formula is C10H17N3O3S. The smallest absolute Gasteiger partial charge is 0.185 e. The molecule has 1 rings (SSSR count). The van der Waals surface area contributed by atoms with Crippen LogP contribution in [0, 0.1) is 0 Å². The fourth-order valence-corrected chi connectivity index (χ4v) is 2.09. The Morgan fingerprint density at radius 3 is 2.76 bits per heavy atom. The van der Waals surface area contributed by atoms with Gasteiger partial charge in [-0.25, -0.2) is 0 Å². The molecular weight excluding hydrogens is 242 g/mol. The van der Waals surface area contributed by atoms with Crippen molar-refractivity contribution in [1.29, 1.82) is 0 Å². The number of aliphatic hydroxyl groups excluding tert-OH is 2. The maximum Gasteiger partial charge on any atom is 0.185 e. The Hall–Kier alpha value is -1.05. The van der Waals surface area contributed by atoms with Crippen LogP contribution in [0.15, 0.2) is 6.20 Å². The number of rotatable bonds is 5. The summed E-state index contributed by atoms with van der Waals surface area (Å²) >= 11 is 1.12. The van der Waals surface area contributed by atoms with Crippen LogP contribution >= 0.6 is 11.8 Å². The van der Waals surface area contributed by atoms with Crippen molar-refractivity contribution in [3.05, 3.63) is 11.8 Å². The molecule has 0 saturated heterocycles. The van der Waals surface area contributed by atoms with Gasteiger partial charge in [-0.15, -0.1) is 0 Å². The van der Waals surface area contributed by atoms with Crippen molar-refractivity contribution < 1.29 is 15.0 Å². The third kappa shape index (κ3) is 4.03. The maximum atomic E-state index is 10.7. The van der Waals surface area contributed by atoms with Gasteiger partial charge in [-0.1, -0.05) is 11.8 Å². The predicted octanol–water partition coefficient (Wildman–Crippen LogP) is 0.0664. The van der Waals surface area contributed by atoms with Crippen molar-refractivity contribution in [2.24, 2.45) is 7.05 Å². The number of aliphatic hydroxyl groups is 2. The number of carbonyl (C=O) groups is 1. The molecule has 2 atom stereocenters. The molecule has 0 saturated carbocycles. The summed E-state index contributed by atoms with van der Waals surface area (Å²) in [6, 6.07) is 0. The number of hydrogen-bond acceptors (Lipinski definition) is 6. The van der Waals surface area contributed by atoms with E-state index in [1.165, 1.54) is 11.6 Å². The van der Waals surface area contributed by atoms with Gasteiger partial charge in [0.05, 0.1) is 6.10 Å². The normalized spacial score (nSPS) is 14.6. The van der Waals surface area contributed by atoms with Crippen molar-refractivity contribution in [3.8, 4) is 0 Å². The van der Waals surface area contributed by atoms with Crippen molar-refractivity contribution in [1.82, 2.24) is 9.78 Å². The topological polar surface area (TPSA) is 101 Å². The fourth-order valence-electron chi connectivity index (χ4n) is 1.44. The summed E-state index contributed by atoms with van der Waals surface area (Å²) in [5.41, 5.74) is 6.00. The van der Waals surface area contributed by atoms with E-state index in [2.05, 4.69) is 5.10 Å². The van der Waals surface area contributed by atoms with Crippen LogP contribution in [-0.2, 0) is 11.8 Å². The second-order valence-corrected chi connectivity index (χ2v) is 5.06. The minimum Gasteiger partial charge on any atom is -0.390 e. The van der Waals surface area contributed by atoms with Gasteiger partial charge in [0.15, 0.2) is 10.9 Å². The molecule has 1 aromatic heterocycles. The van der Waals surface area contributed by atoms with Gasteiger partial charge in [0.2, 0.25) is 0 Å². The quantitative estimate of drug-likeness (QED) is 0.691. The molecule has 6 nitrogen and oxygen atoms in total. The first-order valence-electron chi connectivity index (χ1n) is 5.20. The van der Waals surface area contributed by atoms with Crippen LogP contribution in [0.2, 0.25) is 0 Å². The number of nitrogen functional groups attached to an aromatic ring is 1. The van der Waals surface area contributed by atoms with Crippen LogP contribution in [0.3, 0.4) is 0 Å². The Morgan fingerprint density at radius 1 is 1.65 bits per heavy atom. The molecule has 2 unspecified atom stereocenters. The van der Waals surface area contributed by atoms with Crippen LogP contribution in [-0.4, -0.2) is 37.0 Å². The molecule has 4 N–H and O–H groups in total. The lowest BCUT2D eigenvalue weighted by molar-refractivity contribution is -0.109. The van der Waals surface area contributed by atoms with E-state index >= 15 is 0 Å². The molecule has 0 amide bonds. The molecule has 0 aromatic carbocycles. The van der Waals surface area contributed by atoms with Gasteiger partial charge in [-0.2, -0.15) is 5.10 Å². The van der Waals surface area contributed by atoms with E-state index in [0.717, 1.165) is 11.8 Å². The second-order valence-electron chi connectivity index (χ2n) is 3.78. The third-order valence-corrected chi connectivity index (χ3v) is 3.14. The van der Waals surface area contributed by atoms with E-state index in [9.17, 15) is 15.0 Å². The van der Waals surface area contributed by atoms with Crippen molar-refractivity contribution >= 4 is 22.7 Å². The minimum atomic E-state index is -1.07. The van der Waals surface area contributed by atoms with Crippen LogP contribution in [0.5, 0.6) is 0 Å². The number of aromatic nitrogens is 2. The number of hydrogen-bond donors (Lipinski definition) is 3. The monoisotopic (exact) mass is 259 g/mol. The number of nitrogens with two attached hydrogens (primary N) is 1. The Kier molecular flexibility index (Phi) is 4.98. The first-order chi connectivity index (χ1) is 7.91. The maximum absolute atomic E-state index is 10.7. The summed E-state index contributed by atoms with van der Waals surface area (Å²) in [7, 11) is 1.69. The summed E-state index contributed by atoms with van der Waals surface area (Å²) in [6.45, 7) is 1.46. The second kappa shape index (κ2) is 6.04. The molecule has 7 heteroatoms. The summed E-state index contributed by atoms with van der Waals surface area (Å²) < 4.78 is 1.48. The highest BCUT2D eigenvalue weighted by Gasteiger charge is 2.22. The average molecular weight is 259 g/mol. The third-order valence-electron chi connectivity index (χ3n) is 2.29. The van der Waals surface area contributed by atoms with Crippen molar-refractivity contribution in [2.75, 3.05) is 11.5 Å². The summed E-state index contributed by atoms with van der Waals surface area (Å²) in [5, 5.41) is 23.5. The molecule has 0 spiro atoms. The Balaban J connectivity index is 2.54. The van der Waals surface area contributed by atoms with E-state index < -0.39 is 12.2 Å². The number of carbonyl (C=O) groups excluding carboxylic acids is 1.